The molecule has 3 heteroatoms. The third-order valence-corrected chi connectivity index (χ3v) is 3.97. The summed E-state index contributed by atoms with van der Waals surface area (Å²) in [6, 6.07) is 4.63. The molecule has 0 radical (unpaired) electrons. The van der Waals surface area contributed by atoms with Crippen LogP contribution in [-0.4, -0.2) is 12.6 Å². The molecule has 0 spiro atoms. The molecule has 16 heavy (non-hydrogen) atoms. The molecule has 1 aliphatic heterocycles. The minimum Gasteiger partial charge on any atom is -0.493 e. The standard InChI is InChI=1S/C13H16BrNO/c14-11-5-9-3-4-16-13(9)10(6-11)7-12(15)8-1-2-8/h5-6,8,12H,1-4,7,15H2. The summed E-state index contributed by atoms with van der Waals surface area (Å²) in [6.45, 7) is 0.817. The maximum atomic E-state index is 6.18. The second-order valence-electron chi connectivity index (χ2n) is 4.86. The van der Waals surface area contributed by atoms with Crippen molar-refractivity contribution in [2.24, 2.45) is 11.7 Å². The predicted octanol–water partition coefficient (Wildman–Crippen LogP) is 2.66. The Bertz CT molecular complexity index is 415. The van der Waals surface area contributed by atoms with E-state index in [1.807, 2.05) is 0 Å². The van der Waals surface area contributed by atoms with E-state index in [-0.39, 0.29) is 0 Å². The molecule has 1 heterocycles. The van der Waals surface area contributed by atoms with E-state index in [4.69, 9.17) is 10.5 Å². The van der Waals surface area contributed by atoms with Gasteiger partial charge in [-0.15, -0.1) is 0 Å². The third kappa shape index (κ3) is 1.98. The Kier molecular flexibility index (Phi) is 2.68. The predicted molar refractivity (Wildman–Crippen MR) is 67.7 cm³/mol. The number of nitrogens with two attached hydrogens (primary N) is 1. The summed E-state index contributed by atoms with van der Waals surface area (Å²) >= 11 is 3.56. The lowest BCUT2D eigenvalue weighted by Crippen LogP contribution is -2.25. The molecule has 1 aromatic rings. The average molecular weight is 282 g/mol. The van der Waals surface area contributed by atoms with Gasteiger partial charge >= 0.3 is 0 Å². The van der Waals surface area contributed by atoms with E-state index in [2.05, 4.69) is 28.1 Å². The third-order valence-electron chi connectivity index (χ3n) is 3.51. The number of ether oxygens (including phenoxy) is 1. The topological polar surface area (TPSA) is 35.2 Å². The van der Waals surface area contributed by atoms with Crippen molar-refractivity contribution in [3.8, 4) is 5.75 Å². The molecule has 0 bridgehead atoms. The minimum atomic E-state index is 0.308. The minimum absolute atomic E-state index is 0.308. The van der Waals surface area contributed by atoms with Crippen LogP contribution in [0.3, 0.4) is 0 Å². The van der Waals surface area contributed by atoms with Crippen LogP contribution in [0, 0.1) is 5.92 Å². The highest BCUT2D eigenvalue weighted by molar-refractivity contribution is 9.10. The molecule has 1 fully saturated rings. The Labute approximate surface area is 104 Å². The highest BCUT2D eigenvalue weighted by Crippen LogP contribution is 2.37. The van der Waals surface area contributed by atoms with Gasteiger partial charge in [-0.05, 0) is 48.4 Å². The molecule has 86 valence electrons. The van der Waals surface area contributed by atoms with Crippen LogP contribution in [0.2, 0.25) is 0 Å². The molecule has 0 amide bonds. The SMILES string of the molecule is NC(Cc1cc(Br)cc2c1OCC2)C1CC1. The highest BCUT2D eigenvalue weighted by atomic mass is 79.9. The van der Waals surface area contributed by atoms with E-state index in [0.29, 0.717) is 6.04 Å². The van der Waals surface area contributed by atoms with Gasteiger partial charge < -0.3 is 10.5 Å². The fraction of sp³-hybridized carbons (Fsp3) is 0.538. The van der Waals surface area contributed by atoms with Gasteiger partial charge in [-0.25, -0.2) is 0 Å². The molecule has 0 saturated heterocycles. The van der Waals surface area contributed by atoms with Gasteiger partial charge in [0.05, 0.1) is 6.61 Å². The molecular weight excluding hydrogens is 266 g/mol. The zero-order valence-corrected chi connectivity index (χ0v) is 10.8. The fourth-order valence-corrected chi connectivity index (χ4v) is 3.00. The normalized spacial score (nSPS) is 20.4. The number of hydrogen-bond donors (Lipinski definition) is 1. The van der Waals surface area contributed by atoms with Crippen LogP contribution in [0.15, 0.2) is 16.6 Å². The van der Waals surface area contributed by atoms with Gasteiger partial charge in [0, 0.05) is 16.9 Å². The molecule has 1 saturated carbocycles. The molecule has 1 unspecified atom stereocenters. The second-order valence-corrected chi connectivity index (χ2v) is 5.77. The van der Waals surface area contributed by atoms with Gasteiger partial charge in [-0.1, -0.05) is 15.9 Å². The van der Waals surface area contributed by atoms with E-state index in [0.717, 1.165) is 35.6 Å². The monoisotopic (exact) mass is 281 g/mol. The first-order valence-electron chi connectivity index (χ1n) is 5.94. The van der Waals surface area contributed by atoms with Crippen LogP contribution in [0.25, 0.3) is 0 Å². The van der Waals surface area contributed by atoms with Gasteiger partial charge in [-0.2, -0.15) is 0 Å². The first-order chi connectivity index (χ1) is 7.74. The summed E-state index contributed by atoms with van der Waals surface area (Å²) < 4.78 is 6.86. The summed E-state index contributed by atoms with van der Waals surface area (Å²) in [7, 11) is 0. The van der Waals surface area contributed by atoms with Gasteiger partial charge in [0.25, 0.3) is 0 Å². The Morgan fingerprint density at radius 1 is 1.44 bits per heavy atom. The van der Waals surface area contributed by atoms with Crippen molar-refractivity contribution in [2.75, 3.05) is 6.61 Å². The van der Waals surface area contributed by atoms with E-state index < -0.39 is 0 Å². The molecular formula is C13H16BrNO. The van der Waals surface area contributed by atoms with E-state index in [1.165, 1.54) is 24.0 Å². The van der Waals surface area contributed by atoms with Gasteiger partial charge in [0.1, 0.15) is 5.75 Å². The van der Waals surface area contributed by atoms with Crippen LogP contribution in [0.1, 0.15) is 24.0 Å². The Balaban J connectivity index is 1.87. The first-order valence-corrected chi connectivity index (χ1v) is 6.73. The summed E-state index contributed by atoms with van der Waals surface area (Å²) in [5.74, 6) is 1.84. The van der Waals surface area contributed by atoms with Crippen LogP contribution in [0.5, 0.6) is 5.75 Å². The summed E-state index contributed by atoms with van der Waals surface area (Å²) in [5, 5.41) is 0. The fourth-order valence-electron chi connectivity index (χ4n) is 2.44. The zero-order valence-electron chi connectivity index (χ0n) is 9.21. The molecule has 2 nitrogen and oxygen atoms in total. The van der Waals surface area contributed by atoms with Crippen LogP contribution in [-0.2, 0) is 12.8 Å². The number of halogens is 1. The van der Waals surface area contributed by atoms with Crippen LogP contribution >= 0.6 is 15.9 Å². The quantitative estimate of drug-likeness (QED) is 0.925. The van der Waals surface area contributed by atoms with E-state index in [1.54, 1.807) is 0 Å². The van der Waals surface area contributed by atoms with Crippen molar-refractivity contribution >= 4 is 15.9 Å². The summed E-state index contributed by atoms with van der Waals surface area (Å²) in [5.41, 5.74) is 8.79. The molecule has 2 aliphatic rings. The lowest BCUT2D eigenvalue weighted by Gasteiger charge is -2.13. The number of hydrogen-bond acceptors (Lipinski definition) is 2. The van der Waals surface area contributed by atoms with E-state index in [9.17, 15) is 0 Å². The smallest absolute Gasteiger partial charge is 0.125 e. The van der Waals surface area contributed by atoms with Crippen molar-refractivity contribution in [3.63, 3.8) is 0 Å². The Hall–Kier alpha value is -0.540. The largest absolute Gasteiger partial charge is 0.493 e. The van der Waals surface area contributed by atoms with Crippen LogP contribution in [0.4, 0.5) is 0 Å². The van der Waals surface area contributed by atoms with Crippen molar-refractivity contribution in [1.29, 1.82) is 0 Å². The van der Waals surface area contributed by atoms with Crippen molar-refractivity contribution in [2.45, 2.75) is 31.7 Å². The number of rotatable bonds is 3. The van der Waals surface area contributed by atoms with Crippen LogP contribution < -0.4 is 10.5 Å². The summed E-state index contributed by atoms with van der Waals surface area (Å²) in [6.07, 6.45) is 4.59. The Morgan fingerprint density at radius 2 is 2.25 bits per heavy atom. The van der Waals surface area contributed by atoms with E-state index >= 15 is 0 Å². The van der Waals surface area contributed by atoms with Gasteiger partial charge in [-0.3, -0.25) is 0 Å². The molecule has 1 atom stereocenters. The zero-order chi connectivity index (χ0) is 11.1. The molecule has 3 rings (SSSR count). The maximum absolute atomic E-state index is 6.18. The Morgan fingerprint density at radius 3 is 3.00 bits per heavy atom. The lowest BCUT2D eigenvalue weighted by atomic mass is 10.00. The van der Waals surface area contributed by atoms with Crippen molar-refractivity contribution in [1.82, 2.24) is 0 Å². The van der Waals surface area contributed by atoms with Crippen molar-refractivity contribution < 1.29 is 4.74 Å². The average Bonchev–Trinajstić information content (AvgIpc) is 2.98. The number of fused-ring (bicyclic) bond motifs is 1. The molecule has 0 aromatic heterocycles. The lowest BCUT2D eigenvalue weighted by molar-refractivity contribution is 0.352. The van der Waals surface area contributed by atoms with Crippen molar-refractivity contribution in [3.05, 3.63) is 27.7 Å². The summed E-state index contributed by atoms with van der Waals surface area (Å²) in [4.78, 5) is 0. The van der Waals surface area contributed by atoms with Gasteiger partial charge in [0.2, 0.25) is 0 Å². The molecule has 1 aromatic carbocycles. The second kappa shape index (κ2) is 4.04. The van der Waals surface area contributed by atoms with Gasteiger partial charge in [0.15, 0.2) is 0 Å². The maximum Gasteiger partial charge on any atom is 0.125 e. The molecule has 2 N–H and O–H groups in total. The highest BCUT2D eigenvalue weighted by Gasteiger charge is 2.30. The number of benzene rings is 1. The molecule has 1 aliphatic carbocycles. The first kappa shape index (κ1) is 10.6.